The Morgan fingerprint density at radius 3 is 2.62 bits per heavy atom. The molecule has 1 aromatic heterocycles. The highest BCUT2D eigenvalue weighted by atomic mass is 16.5. The molecular formula is C15H20N4O2. The third-order valence-corrected chi connectivity index (χ3v) is 3.00. The molecule has 0 saturated heterocycles. The maximum Gasteiger partial charge on any atom is 0.226 e. The summed E-state index contributed by atoms with van der Waals surface area (Å²) in [6.07, 6.45) is 1.73. The van der Waals surface area contributed by atoms with Gasteiger partial charge < -0.3 is 19.7 Å². The van der Waals surface area contributed by atoms with Crippen molar-refractivity contribution >= 4 is 11.8 Å². The van der Waals surface area contributed by atoms with Crippen LogP contribution in [0.15, 0.2) is 30.5 Å². The standard InChI is InChI=1S/C15H20N4O2/c1-19(2)15-16-8-7-14(18-15)17-10-11-5-6-12(20-3)9-13(11)21-4/h5-9H,10H2,1-4H3,(H,16,17,18). The number of nitrogens with one attached hydrogen (secondary N) is 1. The third kappa shape index (κ3) is 3.75. The Kier molecular flexibility index (Phi) is 4.81. The molecule has 1 N–H and O–H groups in total. The summed E-state index contributed by atoms with van der Waals surface area (Å²) in [5.74, 6) is 2.99. The van der Waals surface area contributed by atoms with E-state index in [1.807, 2.05) is 43.3 Å². The first-order chi connectivity index (χ1) is 10.1. The van der Waals surface area contributed by atoms with Crippen LogP contribution in [0.1, 0.15) is 5.56 Å². The van der Waals surface area contributed by atoms with E-state index in [2.05, 4.69) is 15.3 Å². The predicted octanol–water partition coefficient (Wildman–Crippen LogP) is 2.17. The number of aromatic nitrogens is 2. The van der Waals surface area contributed by atoms with Crippen molar-refractivity contribution in [2.45, 2.75) is 6.54 Å². The zero-order valence-electron chi connectivity index (χ0n) is 12.8. The summed E-state index contributed by atoms with van der Waals surface area (Å²) in [4.78, 5) is 10.5. The second-order valence-corrected chi connectivity index (χ2v) is 4.67. The van der Waals surface area contributed by atoms with Crippen LogP contribution < -0.4 is 19.7 Å². The molecule has 2 rings (SSSR count). The van der Waals surface area contributed by atoms with Crippen LogP contribution in [0.25, 0.3) is 0 Å². The average Bonchev–Trinajstić information content (AvgIpc) is 2.53. The molecular weight excluding hydrogens is 268 g/mol. The SMILES string of the molecule is COc1ccc(CNc2ccnc(N(C)C)n2)c(OC)c1. The second kappa shape index (κ2) is 6.78. The van der Waals surface area contributed by atoms with Crippen molar-refractivity contribution in [3.05, 3.63) is 36.0 Å². The lowest BCUT2D eigenvalue weighted by Gasteiger charge is -2.13. The van der Waals surface area contributed by atoms with Crippen molar-refractivity contribution in [3.8, 4) is 11.5 Å². The highest BCUT2D eigenvalue weighted by Gasteiger charge is 2.06. The molecule has 0 unspecified atom stereocenters. The summed E-state index contributed by atoms with van der Waals surface area (Å²) in [5.41, 5.74) is 1.03. The first-order valence-corrected chi connectivity index (χ1v) is 6.59. The van der Waals surface area contributed by atoms with Gasteiger partial charge in [-0.15, -0.1) is 0 Å². The van der Waals surface area contributed by atoms with Crippen molar-refractivity contribution in [2.24, 2.45) is 0 Å². The molecule has 0 atom stereocenters. The lowest BCUT2D eigenvalue weighted by Crippen LogP contribution is -2.13. The molecule has 0 aliphatic carbocycles. The summed E-state index contributed by atoms with van der Waals surface area (Å²) in [7, 11) is 7.10. The monoisotopic (exact) mass is 288 g/mol. The van der Waals surface area contributed by atoms with Gasteiger partial charge in [0.05, 0.1) is 14.2 Å². The van der Waals surface area contributed by atoms with Crippen LogP contribution in [0.5, 0.6) is 11.5 Å². The van der Waals surface area contributed by atoms with Gasteiger partial charge in [-0.25, -0.2) is 4.98 Å². The lowest BCUT2D eigenvalue weighted by atomic mass is 10.2. The molecule has 1 heterocycles. The molecule has 0 fully saturated rings. The van der Waals surface area contributed by atoms with Crippen LogP contribution in [-0.2, 0) is 6.54 Å². The van der Waals surface area contributed by atoms with Gasteiger partial charge in [0.25, 0.3) is 0 Å². The van der Waals surface area contributed by atoms with E-state index in [0.717, 1.165) is 22.9 Å². The summed E-state index contributed by atoms with van der Waals surface area (Å²) in [5, 5.41) is 3.27. The zero-order valence-corrected chi connectivity index (χ0v) is 12.8. The lowest BCUT2D eigenvalue weighted by molar-refractivity contribution is 0.391. The average molecular weight is 288 g/mol. The van der Waals surface area contributed by atoms with Crippen molar-refractivity contribution in [3.63, 3.8) is 0 Å². The molecule has 0 aliphatic rings. The number of anilines is 2. The van der Waals surface area contributed by atoms with E-state index in [9.17, 15) is 0 Å². The zero-order chi connectivity index (χ0) is 15.2. The number of ether oxygens (including phenoxy) is 2. The van der Waals surface area contributed by atoms with Crippen LogP contribution in [0.3, 0.4) is 0 Å². The molecule has 0 amide bonds. The van der Waals surface area contributed by atoms with Gasteiger partial charge in [0.15, 0.2) is 0 Å². The Labute approximate surface area is 124 Å². The number of rotatable bonds is 6. The van der Waals surface area contributed by atoms with E-state index >= 15 is 0 Å². The van der Waals surface area contributed by atoms with E-state index in [1.54, 1.807) is 20.4 Å². The minimum atomic E-state index is 0.608. The summed E-state index contributed by atoms with van der Waals surface area (Å²) in [6.45, 7) is 0.608. The molecule has 112 valence electrons. The predicted molar refractivity (Wildman–Crippen MR) is 83.2 cm³/mol. The smallest absolute Gasteiger partial charge is 0.226 e. The maximum absolute atomic E-state index is 5.38. The van der Waals surface area contributed by atoms with Crippen molar-refractivity contribution in [1.29, 1.82) is 0 Å². The van der Waals surface area contributed by atoms with E-state index in [1.165, 1.54) is 0 Å². The second-order valence-electron chi connectivity index (χ2n) is 4.67. The fraction of sp³-hybridized carbons (Fsp3) is 0.333. The van der Waals surface area contributed by atoms with E-state index in [-0.39, 0.29) is 0 Å². The molecule has 0 bridgehead atoms. The van der Waals surface area contributed by atoms with Gasteiger partial charge in [-0.05, 0) is 18.2 Å². The van der Waals surface area contributed by atoms with Gasteiger partial charge in [-0.2, -0.15) is 4.98 Å². The van der Waals surface area contributed by atoms with Gasteiger partial charge in [0.2, 0.25) is 5.95 Å². The number of nitrogens with zero attached hydrogens (tertiary/aromatic N) is 3. The quantitative estimate of drug-likeness (QED) is 0.879. The van der Waals surface area contributed by atoms with Gasteiger partial charge in [0.1, 0.15) is 17.3 Å². The van der Waals surface area contributed by atoms with Crippen LogP contribution in [0, 0.1) is 0 Å². The number of hydrogen-bond donors (Lipinski definition) is 1. The first-order valence-electron chi connectivity index (χ1n) is 6.59. The largest absolute Gasteiger partial charge is 0.497 e. The topological polar surface area (TPSA) is 59.5 Å². The summed E-state index contributed by atoms with van der Waals surface area (Å²) < 4.78 is 10.6. The van der Waals surface area contributed by atoms with E-state index < -0.39 is 0 Å². The number of benzene rings is 1. The fourth-order valence-electron chi connectivity index (χ4n) is 1.85. The molecule has 6 nitrogen and oxygen atoms in total. The maximum atomic E-state index is 5.38. The van der Waals surface area contributed by atoms with E-state index in [0.29, 0.717) is 12.5 Å². The molecule has 2 aromatic rings. The number of methoxy groups -OCH3 is 2. The Bertz CT molecular complexity index is 602. The highest BCUT2D eigenvalue weighted by Crippen LogP contribution is 2.25. The Hall–Kier alpha value is -2.50. The molecule has 0 spiro atoms. The minimum Gasteiger partial charge on any atom is -0.497 e. The molecule has 0 radical (unpaired) electrons. The van der Waals surface area contributed by atoms with Crippen LogP contribution in [-0.4, -0.2) is 38.3 Å². The van der Waals surface area contributed by atoms with Crippen LogP contribution in [0.2, 0.25) is 0 Å². The van der Waals surface area contributed by atoms with Crippen LogP contribution in [0.4, 0.5) is 11.8 Å². The minimum absolute atomic E-state index is 0.608. The van der Waals surface area contributed by atoms with Gasteiger partial charge >= 0.3 is 0 Å². The van der Waals surface area contributed by atoms with E-state index in [4.69, 9.17) is 9.47 Å². The molecule has 0 aliphatic heterocycles. The third-order valence-electron chi connectivity index (χ3n) is 3.00. The molecule has 0 saturated carbocycles. The molecule has 6 heteroatoms. The summed E-state index contributed by atoms with van der Waals surface area (Å²) >= 11 is 0. The van der Waals surface area contributed by atoms with Gasteiger partial charge in [-0.3, -0.25) is 0 Å². The van der Waals surface area contributed by atoms with Crippen molar-refractivity contribution < 1.29 is 9.47 Å². The van der Waals surface area contributed by atoms with Gasteiger partial charge in [0, 0.05) is 38.5 Å². The highest BCUT2D eigenvalue weighted by molar-refractivity contribution is 5.45. The normalized spacial score (nSPS) is 10.1. The Balaban J connectivity index is 2.11. The molecule has 21 heavy (non-hydrogen) atoms. The summed E-state index contributed by atoms with van der Waals surface area (Å²) in [6, 6.07) is 7.58. The fourth-order valence-corrected chi connectivity index (χ4v) is 1.85. The van der Waals surface area contributed by atoms with Crippen LogP contribution >= 0.6 is 0 Å². The first kappa shape index (κ1) is 14.9. The number of hydrogen-bond acceptors (Lipinski definition) is 6. The van der Waals surface area contributed by atoms with Crippen molar-refractivity contribution in [2.75, 3.05) is 38.5 Å². The van der Waals surface area contributed by atoms with Crippen molar-refractivity contribution in [1.82, 2.24) is 9.97 Å². The Morgan fingerprint density at radius 2 is 1.95 bits per heavy atom. The van der Waals surface area contributed by atoms with Gasteiger partial charge in [-0.1, -0.05) is 0 Å². The molecule has 1 aromatic carbocycles. The Morgan fingerprint density at radius 1 is 1.14 bits per heavy atom.